The molecule has 1 fully saturated rings. The number of anilines is 1. The lowest BCUT2D eigenvalue weighted by Gasteiger charge is -2.17. The van der Waals surface area contributed by atoms with E-state index in [-0.39, 0.29) is 18.2 Å². The summed E-state index contributed by atoms with van der Waals surface area (Å²) in [6.45, 7) is 7.58. The number of nitrogens with zero attached hydrogens (tertiary/aromatic N) is 2. The number of hydrogen-bond acceptors (Lipinski definition) is 6. The van der Waals surface area contributed by atoms with Gasteiger partial charge >= 0.3 is 0 Å². The second-order valence-electron chi connectivity index (χ2n) is 7.26. The van der Waals surface area contributed by atoms with Gasteiger partial charge < -0.3 is 19.1 Å². The first-order chi connectivity index (χ1) is 16.0. The first-order valence-corrected chi connectivity index (χ1v) is 11.7. The fourth-order valence-corrected chi connectivity index (χ4v) is 4.07. The van der Waals surface area contributed by atoms with E-state index in [0.717, 1.165) is 21.5 Å². The maximum atomic E-state index is 12.6. The lowest BCUT2D eigenvalue weighted by atomic mass is 10.1. The van der Waals surface area contributed by atoms with E-state index in [9.17, 15) is 9.59 Å². The van der Waals surface area contributed by atoms with Gasteiger partial charge in [0.05, 0.1) is 36.4 Å². The molecule has 0 bridgehead atoms. The number of carbonyl (C=O) groups is 2. The Balaban J connectivity index is 1.62. The molecule has 9 heteroatoms. The van der Waals surface area contributed by atoms with Crippen LogP contribution in [0.1, 0.15) is 32.8 Å². The normalized spacial score (nSPS) is 15.7. The summed E-state index contributed by atoms with van der Waals surface area (Å²) in [6, 6.07) is 10.9. The highest BCUT2D eigenvalue weighted by molar-refractivity contribution is 9.10. The summed E-state index contributed by atoms with van der Waals surface area (Å²) in [7, 11) is 0. The van der Waals surface area contributed by atoms with Crippen LogP contribution in [0.5, 0.6) is 17.2 Å². The van der Waals surface area contributed by atoms with Gasteiger partial charge in [-0.2, -0.15) is 5.10 Å². The van der Waals surface area contributed by atoms with E-state index >= 15 is 0 Å². The Morgan fingerprint density at radius 3 is 2.48 bits per heavy atom. The summed E-state index contributed by atoms with van der Waals surface area (Å²) in [5, 5.41) is 4.07. The monoisotopic (exact) mass is 517 g/mol. The number of rotatable bonds is 10. The zero-order valence-electron chi connectivity index (χ0n) is 19.0. The average molecular weight is 518 g/mol. The lowest BCUT2D eigenvalue weighted by Crippen LogP contribution is -2.30. The van der Waals surface area contributed by atoms with Gasteiger partial charge in [0.2, 0.25) is 11.8 Å². The molecule has 3 rings (SSSR count). The van der Waals surface area contributed by atoms with Gasteiger partial charge in [-0.3, -0.25) is 9.59 Å². The Labute approximate surface area is 202 Å². The van der Waals surface area contributed by atoms with Gasteiger partial charge in [0.25, 0.3) is 0 Å². The van der Waals surface area contributed by atoms with E-state index in [4.69, 9.17) is 14.2 Å². The van der Waals surface area contributed by atoms with Crippen LogP contribution in [-0.4, -0.2) is 44.4 Å². The highest BCUT2D eigenvalue weighted by Crippen LogP contribution is 2.36. The SMILES string of the molecule is CCOc1ccc(N2C[C@@H](C(=O)N/N=C\c3cc(Br)c(OCC)c(OCC)c3)CC2=O)cc1. The topological polar surface area (TPSA) is 89.5 Å². The molecule has 1 aliphatic rings. The van der Waals surface area contributed by atoms with E-state index in [0.29, 0.717) is 37.9 Å². The minimum atomic E-state index is -0.479. The van der Waals surface area contributed by atoms with Gasteiger partial charge in [-0.15, -0.1) is 0 Å². The number of benzene rings is 2. The van der Waals surface area contributed by atoms with Crippen molar-refractivity contribution in [2.45, 2.75) is 27.2 Å². The summed E-state index contributed by atoms with van der Waals surface area (Å²) in [5.74, 6) is 1.08. The molecule has 0 aromatic heterocycles. The van der Waals surface area contributed by atoms with Gasteiger partial charge in [-0.25, -0.2) is 5.43 Å². The number of halogens is 1. The zero-order valence-corrected chi connectivity index (χ0v) is 20.6. The molecule has 0 aliphatic carbocycles. The van der Waals surface area contributed by atoms with Crippen molar-refractivity contribution in [2.24, 2.45) is 11.0 Å². The molecule has 2 aromatic rings. The first kappa shape index (κ1) is 24.6. The van der Waals surface area contributed by atoms with Crippen LogP contribution in [-0.2, 0) is 9.59 Å². The molecule has 176 valence electrons. The summed E-state index contributed by atoms with van der Waals surface area (Å²) in [4.78, 5) is 26.7. The molecule has 0 saturated carbocycles. The van der Waals surface area contributed by atoms with Crippen LogP contribution < -0.4 is 24.5 Å². The molecule has 2 aromatic carbocycles. The number of ether oxygens (including phenoxy) is 3. The smallest absolute Gasteiger partial charge is 0.245 e. The van der Waals surface area contributed by atoms with E-state index in [1.54, 1.807) is 11.0 Å². The molecule has 1 saturated heterocycles. The van der Waals surface area contributed by atoms with Crippen molar-refractivity contribution in [3.8, 4) is 17.2 Å². The molecule has 2 amide bonds. The lowest BCUT2D eigenvalue weighted by molar-refractivity contribution is -0.126. The van der Waals surface area contributed by atoms with Gasteiger partial charge in [0.15, 0.2) is 11.5 Å². The molecule has 0 spiro atoms. The van der Waals surface area contributed by atoms with Crippen LogP contribution in [0.15, 0.2) is 46.0 Å². The minimum absolute atomic E-state index is 0.0971. The molecule has 1 N–H and O–H groups in total. The third-order valence-electron chi connectivity index (χ3n) is 4.96. The summed E-state index contributed by atoms with van der Waals surface area (Å²) < 4.78 is 17.5. The quantitative estimate of drug-likeness (QED) is 0.377. The Hall–Kier alpha value is -3.07. The maximum absolute atomic E-state index is 12.6. The number of nitrogens with one attached hydrogen (secondary N) is 1. The summed E-state index contributed by atoms with van der Waals surface area (Å²) in [6.07, 6.45) is 1.67. The summed E-state index contributed by atoms with van der Waals surface area (Å²) in [5.41, 5.74) is 4.02. The number of hydrogen-bond donors (Lipinski definition) is 1. The molecular weight excluding hydrogens is 490 g/mol. The predicted molar refractivity (Wildman–Crippen MR) is 130 cm³/mol. The van der Waals surface area contributed by atoms with E-state index in [1.807, 2.05) is 51.1 Å². The molecule has 1 atom stereocenters. The van der Waals surface area contributed by atoms with Gasteiger partial charge in [0, 0.05) is 18.7 Å². The van der Waals surface area contributed by atoms with Crippen molar-refractivity contribution >= 4 is 39.6 Å². The van der Waals surface area contributed by atoms with Crippen molar-refractivity contribution in [1.82, 2.24) is 5.43 Å². The molecule has 1 aliphatic heterocycles. The highest BCUT2D eigenvalue weighted by atomic mass is 79.9. The number of carbonyl (C=O) groups excluding carboxylic acids is 2. The fraction of sp³-hybridized carbons (Fsp3) is 0.375. The van der Waals surface area contributed by atoms with Crippen LogP contribution in [0.25, 0.3) is 0 Å². The van der Waals surface area contributed by atoms with Gasteiger partial charge in [-0.1, -0.05) is 0 Å². The van der Waals surface area contributed by atoms with Gasteiger partial charge in [-0.05, 0) is 78.7 Å². The Morgan fingerprint density at radius 2 is 1.82 bits per heavy atom. The van der Waals surface area contributed by atoms with Crippen molar-refractivity contribution in [3.05, 3.63) is 46.4 Å². The average Bonchev–Trinajstić information content (AvgIpc) is 3.19. The van der Waals surface area contributed by atoms with E-state index in [1.165, 1.54) is 6.21 Å². The van der Waals surface area contributed by atoms with Crippen LogP contribution in [0.2, 0.25) is 0 Å². The maximum Gasteiger partial charge on any atom is 0.245 e. The largest absolute Gasteiger partial charge is 0.494 e. The van der Waals surface area contributed by atoms with E-state index < -0.39 is 5.92 Å². The third kappa shape index (κ3) is 6.25. The van der Waals surface area contributed by atoms with Crippen molar-refractivity contribution < 1.29 is 23.8 Å². The molecule has 1 heterocycles. The van der Waals surface area contributed by atoms with Crippen LogP contribution >= 0.6 is 15.9 Å². The van der Waals surface area contributed by atoms with Crippen molar-refractivity contribution in [1.29, 1.82) is 0 Å². The first-order valence-electron chi connectivity index (χ1n) is 10.9. The zero-order chi connectivity index (χ0) is 23.8. The van der Waals surface area contributed by atoms with E-state index in [2.05, 4.69) is 26.5 Å². The van der Waals surface area contributed by atoms with Crippen LogP contribution in [0.3, 0.4) is 0 Å². The highest BCUT2D eigenvalue weighted by Gasteiger charge is 2.35. The van der Waals surface area contributed by atoms with Crippen molar-refractivity contribution in [3.63, 3.8) is 0 Å². The number of hydrazone groups is 1. The minimum Gasteiger partial charge on any atom is -0.494 e. The second-order valence-corrected chi connectivity index (χ2v) is 8.12. The standard InChI is InChI=1S/C24H28BrN3O5/c1-4-31-19-9-7-18(8-10-19)28-15-17(13-22(28)29)24(30)27-26-14-16-11-20(25)23(33-6-3)21(12-16)32-5-2/h7-12,14,17H,4-6,13,15H2,1-3H3,(H,27,30)/b26-14-/t17-/m0/s1. The van der Waals surface area contributed by atoms with Crippen LogP contribution in [0.4, 0.5) is 5.69 Å². The Morgan fingerprint density at radius 1 is 1.12 bits per heavy atom. The number of amides is 2. The predicted octanol–water partition coefficient (Wildman–Crippen LogP) is 4.15. The summed E-state index contributed by atoms with van der Waals surface area (Å²) >= 11 is 3.49. The molecular formula is C24H28BrN3O5. The fourth-order valence-electron chi connectivity index (χ4n) is 3.49. The Bertz CT molecular complexity index is 1010. The molecule has 8 nitrogen and oxygen atoms in total. The van der Waals surface area contributed by atoms with Crippen molar-refractivity contribution in [2.75, 3.05) is 31.3 Å². The third-order valence-corrected chi connectivity index (χ3v) is 5.55. The van der Waals surface area contributed by atoms with Gasteiger partial charge in [0.1, 0.15) is 5.75 Å². The Kier molecular flexibility index (Phi) is 8.71. The second kappa shape index (κ2) is 11.7. The van der Waals surface area contributed by atoms with Crippen LogP contribution in [0, 0.1) is 5.92 Å². The molecule has 33 heavy (non-hydrogen) atoms. The molecule has 0 radical (unpaired) electrons. The molecule has 0 unspecified atom stereocenters.